The molecule has 41 heavy (non-hydrogen) atoms. The normalized spacial score (nSPS) is 48.7. The fourth-order valence-electron chi connectivity index (χ4n) is 7.91. The number of rotatable bonds is 3. The number of nitrogens with zero attached hydrogens (tertiary/aromatic N) is 2. The van der Waals surface area contributed by atoms with Crippen LogP contribution in [0.1, 0.15) is 74.7 Å². The van der Waals surface area contributed by atoms with Crippen LogP contribution in [0.15, 0.2) is 12.2 Å². The van der Waals surface area contributed by atoms with Gasteiger partial charge in [0.25, 0.3) is 0 Å². The number of carbonyl (C=O) groups is 1. The third kappa shape index (κ3) is 7.21. The summed E-state index contributed by atoms with van der Waals surface area (Å²) in [6.07, 6.45) is 1.44. The third-order valence-electron chi connectivity index (χ3n) is 10.9. The van der Waals surface area contributed by atoms with Crippen LogP contribution >= 0.6 is 0 Å². The minimum absolute atomic E-state index is 0.0744. The van der Waals surface area contributed by atoms with Gasteiger partial charge in [0.05, 0.1) is 43.0 Å². The van der Waals surface area contributed by atoms with Crippen LogP contribution in [0.5, 0.6) is 0 Å². The summed E-state index contributed by atoms with van der Waals surface area (Å²) < 4.78 is 33.1. The number of hydrogen-bond donors (Lipinski definition) is 0. The summed E-state index contributed by atoms with van der Waals surface area (Å²) in [6.45, 7) is 24.4. The molecule has 236 valence electrons. The molecule has 0 aromatic carbocycles. The molecule has 4 saturated heterocycles. The first-order chi connectivity index (χ1) is 19.2. The van der Waals surface area contributed by atoms with E-state index in [0.29, 0.717) is 37.1 Å². The van der Waals surface area contributed by atoms with Gasteiger partial charge in [0, 0.05) is 37.0 Å². The number of esters is 1. The van der Waals surface area contributed by atoms with Gasteiger partial charge in [-0.05, 0) is 78.5 Å². The summed E-state index contributed by atoms with van der Waals surface area (Å²) in [4.78, 5) is 18.4. The fourth-order valence-corrected chi connectivity index (χ4v) is 7.91. The molecule has 0 amide bonds. The summed E-state index contributed by atoms with van der Waals surface area (Å²) >= 11 is 0. The van der Waals surface area contributed by atoms with E-state index in [4.69, 9.17) is 23.7 Å². The van der Waals surface area contributed by atoms with E-state index in [9.17, 15) is 4.79 Å². The van der Waals surface area contributed by atoms with Crippen LogP contribution in [-0.2, 0) is 28.5 Å². The Balaban J connectivity index is 1.76. The standard InChI is InChI=1S/C33H58N2O6/c1-19-17-37-29-24(6)30(41-32-23(5)28(34(10)11)14-21(3)39-32)33(9,38-18-19)15-20(2)22(4)26(8)35-13-12-27(16-35)40-31(36)25(29)7/h20-30,32H,1,12-18H2,2-11H3/t20-,21-,22+,23-,24+,25-,26+,27-,28+,29+,30-,32+,33+/m1/s1. The lowest BCUT2D eigenvalue weighted by Crippen LogP contribution is -2.58. The first-order valence-electron chi connectivity index (χ1n) is 16.1. The average Bonchev–Trinajstić information content (AvgIpc) is 3.39. The second kappa shape index (κ2) is 13.3. The van der Waals surface area contributed by atoms with Crippen LogP contribution in [0.2, 0.25) is 0 Å². The lowest BCUT2D eigenvalue weighted by molar-refractivity contribution is -0.289. The molecular formula is C33H58N2O6. The van der Waals surface area contributed by atoms with Crippen molar-refractivity contribution in [3.8, 4) is 0 Å². The lowest BCUT2D eigenvalue weighted by atomic mass is 9.74. The molecule has 4 fully saturated rings. The Bertz CT molecular complexity index is 914. The van der Waals surface area contributed by atoms with Crippen molar-refractivity contribution >= 4 is 5.97 Å². The van der Waals surface area contributed by atoms with E-state index in [0.717, 1.165) is 37.9 Å². The monoisotopic (exact) mass is 578 g/mol. The highest BCUT2D eigenvalue weighted by molar-refractivity contribution is 5.73. The maximum absolute atomic E-state index is 13.6. The van der Waals surface area contributed by atoms with Gasteiger partial charge in [-0.15, -0.1) is 0 Å². The zero-order chi connectivity index (χ0) is 30.2. The third-order valence-corrected chi connectivity index (χ3v) is 10.9. The molecule has 8 heteroatoms. The SMILES string of the molecule is C=C1CO[C@H]2[C@H](C)[C@@H](O[C@@H]3O[C@H](C)C[C@H](N(C)C)[C@H]3C)[C@](C)(C[C@@H](C)[C@H](C)[C@H](C)N3CC[C@H](C3)OC(=O)[C@@H]2C)OC1. The van der Waals surface area contributed by atoms with Crippen molar-refractivity contribution in [2.45, 2.75) is 123 Å². The number of carbonyl (C=O) groups excluding carboxylic acids is 1. The molecule has 14 atom stereocenters. The van der Waals surface area contributed by atoms with Gasteiger partial charge < -0.3 is 28.6 Å². The molecule has 0 aliphatic carbocycles. The molecule has 0 radical (unpaired) electrons. The van der Waals surface area contributed by atoms with Crippen LogP contribution in [0.3, 0.4) is 0 Å². The minimum Gasteiger partial charge on any atom is -0.461 e. The zero-order valence-corrected chi connectivity index (χ0v) is 27.4. The van der Waals surface area contributed by atoms with Crippen molar-refractivity contribution in [1.29, 1.82) is 0 Å². The van der Waals surface area contributed by atoms with Crippen molar-refractivity contribution in [2.24, 2.45) is 29.6 Å². The Morgan fingerprint density at radius 3 is 2.41 bits per heavy atom. The Morgan fingerprint density at radius 1 is 1.02 bits per heavy atom. The molecule has 0 saturated carbocycles. The second-order valence-corrected chi connectivity index (χ2v) is 14.4. The van der Waals surface area contributed by atoms with E-state index < -0.39 is 23.9 Å². The highest BCUT2D eigenvalue weighted by Crippen LogP contribution is 2.42. The quantitative estimate of drug-likeness (QED) is 0.351. The predicted octanol–water partition coefficient (Wildman–Crippen LogP) is 4.76. The van der Waals surface area contributed by atoms with Gasteiger partial charge >= 0.3 is 5.97 Å². The van der Waals surface area contributed by atoms with Gasteiger partial charge in [-0.1, -0.05) is 34.3 Å². The Kier molecular flexibility index (Phi) is 10.7. The summed E-state index contributed by atoms with van der Waals surface area (Å²) in [5, 5.41) is 0. The number of ether oxygens (including phenoxy) is 5. The van der Waals surface area contributed by atoms with Crippen molar-refractivity contribution in [1.82, 2.24) is 9.80 Å². The molecule has 4 aliphatic rings. The topological polar surface area (TPSA) is 69.7 Å². The summed E-state index contributed by atoms with van der Waals surface area (Å²) in [6, 6.07) is 0.700. The molecule has 4 heterocycles. The van der Waals surface area contributed by atoms with E-state index in [2.05, 4.69) is 78.9 Å². The molecule has 0 aromatic heterocycles. The zero-order valence-electron chi connectivity index (χ0n) is 27.4. The molecule has 4 bridgehead atoms. The molecule has 8 nitrogen and oxygen atoms in total. The number of fused-ring (bicyclic) bond motifs is 5. The van der Waals surface area contributed by atoms with Crippen molar-refractivity contribution in [3.63, 3.8) is 0 Å². The maximum Gasteiger partial charge on any atom is 0.311 e. The van der Waals surface area contributed by atoms with Crippen LogP contribution in [0.4, 0.5) is 0 Å². The predicted molar refractivity (Wildman–Crippen MR) is 161 cm³/mol. The Hall–Kier alpha value is -1.03. The van der Waals surface area contributed by atoms with Crippen LogP contribution in [0, 0.1) is 29.6 Å². The van der Waals surface area contributed by atoms with E-state index in [1.54, 1.807) is 0 Å². The van der Waals surface area contributed by atoms with Crippen molar-refractivity contribution < 1.29 is 28.5 Å². The molecule has 4 rings (SSSR count). The van der Waals surface area contributed by atoms with Crippen LogP contribution in [0.25, 0.3) is 0 Å². The van der Waals surface area contributed by atoms with Gasteiger partial charge in [0.15, 0.2) is 6.29 Å². The van der Waals surface area contributed by atoms with Crippen LogP contribution in [-0.4, -0.2) is 105 Å². The van der Waals surface area contributed by atoms with E-state index in [1.807, 2.05) is 6.92 Å². The Labute approximate surface area is 249 Å². The first kappa shape index (κ1) is 32.9. The smallest absolute Gasteiger partial charge is 0.311 e. The maximum atomic E-state index is 13.6. The molecular weight excluding hydrogens is 520 g/mol. The van der Waals surface area contributed by atoms with E-state index >= 15 is 0 Å². The van der Waals surface area contributed by atoms with E-state index in [1.165, 1.54) is 0 Å². The molecule has 0 spiro atoms. The second-order valence-electron chi connectivity index (χ2n) is 14.4. The largest absolute Gasteiger partial charge is 0.461 e. The summed E-state index contributed by atoms with van der Waals surface area (Å²) in [5.74, 6) is 0.106. The van der Waals surface area contributed by atoms with Crippen molar-refractivity contribution in [2.75, 3.05) is 40.4 Å². The van der Waals surface area contributed by atoms with Crippen LogP contribution < -0.4 is 0 Å². The Morgan fingerprint density at radius 2 is 1.73 bits per heavy atom. The minimum atomic E-state index is -0.652. The summed E-state index contributed by atoms with van der Waals surface area (Å²) in [5.41, 5.74) is 0.210. The highest BCUT2D eigenvalue weighted by atomic mass is 16.7. The van der Waals surface area contributed by atoms with Gasteiger partial charge in [0.2, 0.25) is 0 Å². The van der Waals surface area contributed by atoms with E-state index in [-0.39, 0.29) is 36.1 Å². The first-order valence-corrected chi connectivity index (χ1v) is 16.1. The van der Waals surface area contributed by atoms with Gasteiger partial charge in [0.1, 0.15) is 6.10 Å². The van der Waals surface area contributed by atoms with Gasteiger partial charge in [-0.25, -0.2) is 0 Å². The molecule has 0 N–H and O–H groups in total. The molecule has 1 unspecified atom stereocenters. The average molecular weight is 579 g/mol. The van der Waals surface area contributed by atoms with Crippen molar-refractivity contribution in [3.05, 3.63) is 12.2 Å². The summed E-state index contributed by atoms with van der Waals surface area (Å²) in [7, 11) is 4.26. The molecule has 0 aromatic rings. The molecule has 4 aliphatic heterocycles. The highest BCUT2D eigenvalue weighted by Gasteiger charge is 2.50. The fraction of sp³-hybridized carbons (Fsp3) is 0.909. The lowest BCUT2D eigenvalue weighted by Gasteiger charge is -2.49. The van der Waals surface area contributed by atoms with Gasteiger partial charge in [-0.2, -0.15) is 0 Å². The number of hydrogen-bond acceptors (Lipinski definition) is 8. The van der Waals surface area contributed by atoms with Gasteiger partial charge in [-0.3, -0.25) is 9.69 Å².